The number of ether oxygens (including phenoxy) is 2. The number of carbonyl (C=O) groups is 2. The molecule has 0 unspecified atom stereocenters. The Bertz CT molecular complexity index is 649. The van der Waals surface area contributed by atoms with Gasteiger partial charge in [-0.05, 0) is 38.3 Å². The van der Waals surface area contributed by atoms with Crippen molar-refractivity contribution in [3.63, 3.8) is 0 Å². The summed E-state index contributed by atoms with van der Waals surface area (Å²) in [5.41, 5.74) is -0.840. The van der Waals surface area contributed by atoms with Gasteiger partial charge in [-0.2, -0.15) is 0 Å². The molecule has 2 heterocycles. The van der Waals surface area contributed by atoms with Crippen LogP contribution >= 0.6 is 0 Å². The van der Waals surface area contributed by atoms with Gasteiger partial charge in [0.25, 0.3) is 0 Å². The van der Waals surface area contributed by atoms with E-state index in [0.29, 0.717) is 19.4 Å². The average Bonchev–Trinajstić information content (AvgIpc) is 3.06. The molecule has 0 aromatic carbocycles. The van der Waals surface area contributed by atoms with Crippen molar-refractivity contribution in [1.29, 1.82) is 0 Å². The summed E-state index contributed by atoms with van der Waals surface area (Å²) in [6.45, 7) is 7.89. The van der Waals surface area contributed by atoms with E-state index in [4.69, 9.17) is 9.47 Å². The largest absolute Gasteiger partial charge is 0.462 e. The van der Waals surface area contributed by atoms with Gasteiger partial charge in [0.15, 0.2) is 0 Å². The molecular formula is C22H35NO6. The van der Waals surface area contributed by atoms with Crippen molar-refractivity contribution in [2.45, 2.75) is 77.3 Å². The number of fused-ring (bicyclic) bond motifs is 2. The molecule has 0 bridgehead atoms. The number of likely N-dealkylation sites (tertiary alicyclic amines) is 1. The Morgan fingerprint density at radius 1 is 1.24 bits per heavy atom. The van der Waals surface area contributed by atoms with Crippen molar-refractivity contribution in [2.24, 2.45) is 29.1 Å². The topological polar surface area (TPSA) is 96.3 Å². The summed E-state index contributed by atoms with van der Waals surface area (Å²) in [5.74, 6) is -1.43. The Kier molecular flexibility index (Phi) is 5.68. The minimum absolute atomic E-state index is 0.0488. The van der Waals surface area contributed by atoms with Crippen LogP contribution in [0.3, 0.4) is 0 Å². The highest BCUT2D eigenvalue weighted by atomic mass is 16.6. The first kappa shape index (κ1) is 21.1. The molecule has 7 nitrogen and oxygen atoms in total. The van der Waals surface area contributed by atoms with Gasteiger partial charge in [0.05, 0.1) is 18.1 Å². The van der Waals surface area contributed by atoms with Crippen molar-refractivity contribution < 1.29 is 29.3 Å². The van der Waals surface area contributed by atoms with E-state index in [1.807, 2.05) is 6.92 Å². The molecule has 4 fully saturated rings. The Morgan fingerprint density at radius 2 is 1.93 bits per heavy atom. The average molecular weight is 410 g/mol. The van der Waals surface area contributed by atoms with E-state index < -0.39 is 23.7 Å². The number of piperidine rings is 1. The van der Waals surface area contributed by atoms with Gasteiger partial charge < -0.3 is 24.6 Å². The SMILES string of the molecule is CC(=O)O[C@@H]1C[C@@H](O)[C@]2(C)[C@H]1[C@@H](C)C[C@@H]1OC(=O)[C@@H](CN3CCCCC3)[C@@H]1[C@H]2O. The van der Waals surface area contributed by atoms with Crippen molar-refractivity contribution in [1.82, 2.24) is 4.90 Å². The smallest absolute Gasteiger partial charge is 0.311 e. The van der Waals surface area contributed by atoms with E-state index in [2.05, 4.69) is 11.8 Å². The quantitative estimate of drug-likeness (QED) is 0.679. The molecule has 2 N–H and O–H groups in total. The first-order valence-corrected chi connectivity index (χ1v) is 11.2. The molecule has 29 heavy (non-hydrogen) atoms. The lowest BCUT2D eigenvalue weighted by Crippen LogP contribution is -2.51. The van der Waals surface area contributed by atoms with E-state index in [9.17, 15) is 19.8 Å². The molecule has 0 radical (unpaired) electrons. The van der Waals surface area contributed by atoms with Crippen LogP contribution in [0, 0.1) is 29.1 Å². The summed E-state index contributed by atoms with van der Waals surface area (Å²) in [6.07, 6.45) is 1.98. The van der Waals surface area contributed by atoms with Gasteiger partial charge in [-0.3, -0.25) is 9.59 Å². The minimum Gasteiger partial charge on any atom is -0.462 e. The van der Waals surface area contributed by atoms with Crippen LogP contribution in [0.15, 0.2) is 0 Å². The molecule has 7 heteroatoms. The van der Waals surface area contributed by atoms with E-state index in [-0.39, 0.29) is 41.7 Å². The zero-order valence-electron chi connectivity index (χ0n) is 17.8. The van der Waals surface area contributed by atoms with Gasteiger partial charge in [0.2, 0.25) is 0 Å². The Hall–Kier alpha value is -1.18. The van der Waals surface area contributed by atoms with E-state index in [1.54, 1.807) is 0 Å². The van der Waals surface area contributed by atoms with Gasteiger partial charge >= 0.3 is 11.9 Å². The first-order valence-electron chi connectivity index (χ1n) is 11.2. The predicted molar refractivity (Wildman–Crippen MR) is 105 cm³/mol. The molecule has 4 rings (SSSR count). The number of carbonyl (C=O) groups excluding carboxylic acids is 2. The molecule has 0 spiro atoms. The van der Waals surface area contributed by atoms with Crippen LogP contribution in [0.4, 0.5) is 0 Å². The number of esters is 2. The number of rotatable bonds is 3. The second-order valence-electron chi connectivity index (χ2n) is 9.97. The van der Waals surface area contributed by atoms with Gasteiger partial charge in [0.1, 0.15) is 12.2 Å². The summed E-state index contributed by atoms with van der Waals surface area (Å²) in [5, 5.41) is 22.6. The van der Waals surface area contributed by atoms with E-state index >= 15 is 0 Å². The van der Waals surface area contributed by atoms with Crippen LogP contribution in [0.1, 0.15) is 52.9 Å². The van der Waals surface area contributed by atoms with E-state index in [0.717, 1.165) is 25.9 Å². The van der Waals surface area contributed by atoms with E-state index in [1.165, 1.54) is 13.3 Å². The third-order valence-electron chi connectivity index (χ3n) is 8.20. The highest BCUT2D eigenvalue weighted by Crippen LogP contribution is 2.58. The van der Waals surface area contributed by atoms with Crippen LogP contribution in [0.5, 0.6) is 0 Å². The first-order chi connectivity index (χ1) is 13.7. The lowest BCUT2D eigenvalue weighted by Gasteiger charge is -2.42. The lowest BCUT2D eigenvalue weighted by atomic mass is 9.66. The molecule has 2 aliphatic carbocycles. The summed E-state index contributed by atoms with van der Waals surface area (Å²) in [6, 6.07) is 0. The molecule has 4 aliphatic rings. The molecule has 9 atom stereocenters. The van der Waals surface area contributed by atoms with Crippen LogP contribution < -0.4 is 0 Å². The normalized spacial score (nSPS) is 47.8. The molecular weight excluding hydrogens is 374 g/mol. The molecule has 164 valence electrons. The molecule has 0 aromatic heterocycles. The fourth-order valence-electron chi connectivity index (χ4n) is 6.86. The maximum atomic E-state index is 12.8. The number of aliphatic hydroxyl groups excluding tert-OH is 2. The Labute approximate surface area is 172 Å². The molecule has 2 saturated heterocycles. The minimum atomic E-state index is -0.890. The van der Waals surface area contributed by atoms with Crippen molar-refractivity contribution in [2.75, 3.05) is 19.6 Å². The summed E-state index contributed by atoms with van der Waals surface area (Å²) < 4.78 is 11.3. The van der Waals surface area contributed by atoms with Crippen LogP contribution in [0.25, 0.3) is 0 Å². The third-order valence-corrected chi connectivity index (χ3v) is 8.20. The van der Waals surface area contributed by atoms with Crippen molar-refractivity contribution in [3.8, 4) is 0 Å². The number of hydrogen-bond donors (Lipinski definition) is 2. The standard InChI is InChI=1S/C22H35NO6/c1-12-9-15-18(14(21(27)29-15)11-23-7-5-4-6-8-23)20(26)22(3)17(25)10-16(19(12)22)28-13(2)24/h12,14-20,25-26H,4-11H2,1-3H3/t12-,14-,15-,16+,17+,18-,19-,20+,22+/m0/s1. The van der Waals surface area contributed by atoms with Crippen LogP contribution in [0.2, 0.25) is 0 Å². The maximum absolute atomic E-state index is 12.8. The Balaban J connectivity index is 1.63. The number of aliphatic hydroxyl groups is 2. The summed E-state index contributed by atoms with van der Waals surface area (Å²) in [7, 11) is 0. The number of hydrogen-bond acceptors (Lipinski definition) is 7. The van der Waals surface area contributed by atoms with Gasteiger partial charge in [-0.1, -0.05) is 20.3 Å². The summed E-state index contributed by atoms with van der Waals surface area (Å²) >= 11 is 0. The highest BCUT2D eigenvalue weighted by molar-refractivity contribution is 5.76. The van der Waals surface area contributed by atoms with Crippen LogP contribution in [-0.4, -0.2) is 71.1 Å². The second kappa shape index (κ2) is 7.82. The van der Waals surface area contributed by atoms with Crippen molar-refractivity contribution in [3.05, 3.63) is 0 Å². The van der Waals surface area contributed by atoms with Crippen molar-refractivity contribution >= 4 is 11.9 Å². The fraction of sp³-hybridized carbons (Fsp3) is 0.909. The zero-order chi connectivity index (χ0) is 20.9. The second-order valence-corrected chi connectivity index (χ2v) is 9.97. The zero-order valence-corrected chi connectivity index (χ0v) is 17.8. The van der Waals surface area contributed by atoms with Gasteiger partial charge in [-0.25, -0.2) is 0 Å². The molecule has 0 aromatic rings. The fourth-order valence-corrected chi connectivity index (χ4v) is 6.86. The lowest BCUT2D eigenvalue weighted by molar-refractivity contribution is -0.152. The predicted octanol–water partition coefficient (Wildman–Crippen LogP) is 1.35. The van der Waals surface area contributed by atoms with Crippen LogP contribution in [-0.2, 0) is 19.1 Å². The number of nitrogens with zero attached hydrogens (tertiary/aromatic N) is 1. The van der Waals surface area contributed by atoms with Gasteiger partial charge in [-0.15, -0.1) is 0 Å². The molecule has 2 aliphatic heterocycles. The highest BCUT2D eigenvalue weighted by Gasteiger charge is 2.65. The molecule has 2 saturated carbocycles. The summed E-state index contributed by atoms with van der Waals surface area (Å²) in [4.78, 5) is 26.7. The Morgan fingerprint density at radius 3 is 2.59 bits per heavy atom. The monoisotopic (exact) mass is 409 g/mol. The maximum Gasteiger partial charge on any atom is 0.311 e. The third kappa shape index (κ3) is 3.49. The van der Waals surface area contributed by atoms with Gasteiger partial charge in [0, 0.05) is 37.1 Å². The molecule has 0 amide bonds.